The van der Waals surface area contributed by atoms with Crippen LogP contribution in [0.5, 0.6) is 0 Å². The number of rotatable bonds is 5. The van der Waals surface area contributed by atoms with Crippen LogP contribution in [0.25, 0.3) is 0 Å². The van der Waals surface area contributed by atoms with Crippen molar-refractivity contribution in [3.63, 3.8) is 0 Å². The smallest absolute Gasteiger partial charge is 0.326 e. The number of carbonyl (C=O) groups excluding carboxylic acids is 1. The molecule has 0 bridgehead atoms. The summed E-state index contributed by atoms with van der Waals surface area (Å²) in [6, 6.07) is -1.50. The molecule has 4 N–H and O–H groups in total. The van der Waals surface area contributed by atoms with Gasteiger partial charge in [0.1, 0.15) is 6.04 Å². The minimum atomic E-state index is -1.14. The molecule has 1 rings (SSSR count). The van der Waals surface area contributed by atoms with E-state index in [1.165, 1.54) is 0 Å². The van der Waals surface area contributed by atoms with E-state index in [0.717, 1.165) is 12.8 Å². The van der Waals surface area contributed by atoms with Crippen molar-refractivity contribution in [3.8, 4) is 0 Å². The third kappa shape index (κ3) is 3.90. The summed E-state index contributed by atoms with van der Waals surface area (Å²) in [6.07, 6.45) is 5.47. The standard InChI is InChI=1S/C10H16N2O4/c13-6-5-8(9(14)15)12-10(16)11-7-3-1-2-4-7/h1-2,7-8,13H,3-6H2,(H,14,15)(H2,11,12,16)/t8-/m0/s1. The van der Waals surface area contributed by atoms with E-state index in [2.05, 4.69) is 10.6 Å². The number of hydrogen-bond donors (Lipinski definition) is 4. The van der Waals surface area contributed by atoms with Crippen molar-refractivity contribution in [1.29, 1.82) is 0 Å². The molecular weight excluding hydrogens is 212 g/mol. The molecule has 0 saturated heterocycles. The van der Waals surface area contributed by atoms with Crippen LogP contribution in [0.1, 0.15) is 19.3 Å². The lowest BCUT2D eigenvalue weighted by atomic mass is 10.2. The topological polar surface area (TPSA) is 98.7 Å². The zero-order valence-electron chi connectivity index (χ0n) is 8.85. The van der Waals surface area contributed by atoms with Crippen molar-refractivity contribution in [2.45, 2.75) is 31.3 Å². The molecule has 0 unspecified atom stereocenters. The lowest BCUT2D eigenvalue weighted by Crippen LogP contribution is -2.48. The molecule has 6 heteroatoms. The third-order valence-electron chi connectivity index (χ3n) is 2.36. The van der Waals surface area contributed by atoms with Crippen LogP contribution in [-0.4, -0.2) is 40.9 Å². The Morgan fingerprint density at radius 1 is 1.38 bits per heavy atom. The average molecular weight is 228 g/mol. The van der Waals surface area contributed by atoms with Gasteiger partial charge in [-0.1, -0.05) is 12.2 Å². The third-order valence-corrected chi connectivity index (χ3v) is 2.36. The van der Waals surface area contributed by atoms with E-state index in [4.69, 9.17) is 10.2 Å². The van der Waals surface area contributed by atoms with Crippen molar-refractivity contribution < 1.29 is 19.8 Å². The van der Waals surface area contributed by atoms with Gasteiger partial charge in [-0.2, -0.15) is 0 Å². The van der Waals surface area contributed by atoms with Crippen LogP contribution in [0.2, 0.25) is 0 Å². The Kier molecular flexibility index (Phi) is 4.78. The normalized spacial score (nSPS) is 17.1. The van der Waals surface area contributed by atoms with E-state index in [-0.39, 0.29) is 19.1 Å². The first kappa shape index (κ1) is 12.5. The Labute approximate surface area is 93.3 Å². The summed E-state index contributed by atoms with van der Waals surface area (Å²) in [5.74, 6) is -1.14. The van der Waals surface area contributed by atoms with Crippen molar-refractivity contribution >= 4 is 12.0 Å². The predicted molar refractivity (Wildman–Crippen MR) is 57.0 cm³/mol. The summed E-state index contributed by atoms with van der Waals surface area (Å²) in [4.78, 5) is 22.1. The highest BCUT2D eigenvalue weighted by Crippen LogP contribution is 2.08. The van der Waals surface area contributed by atoms with Crippen LogP contribution in [0.3, 0.4) is 0 Å². The second-order valence-corrected chi connectivity index (χ2v) is 3.66. The highest BCUT2D eigenvalue weighted by Gasteiger charge is 2.20. The van der Waals surface area contributed by atoms with Gasteiger partial charge in [0.25, 0.3) is 0 Å². The first-order valence-electron chi connectivity index (χ1n) is 5.19. The van der Waals surface area contributed by atoms with Crippen LogP contribution in [0, 0.1) is 0 Å². The number of aliphatic carboxylic acids is 1. The van der Waals surface area contributed by atoms with E-state index in [0.29, 0.717) is 0 Å². The molecule has 90 valence electrons. The second kappa shape index (κ2) is 6.12. The molecule has 1 atom stereocenters. The Balaban J connectivity index is 2.32. The summed E-state index contributed by atoms with van der Waals surface area (Å²) in [5, 5.41) is 22.4. The van der Waals surface area contributed by atoms with Crippen molar-refractivity contribution in [2.75, 3.05) is 6.61 Å². The van der Waals surface area contributed by atoms with Crippen molar-refractivity contribution in [2.24, 2.45) is 0 Å². The van der Waals surface area contributed by atoms with Gasteiger partial charge in [0.15, 0.2) is 0 Å². The second-order valence-electron chi connectivity index (χ2n) is 3.66. The average Bonchev–Trinajstić information content (AvgIpc) is 2.69. The Bertz CT molecular complexity index is 283. The van der Waals surface area contributed by atoms with Gasteiger partial charge in [0, 0.05) is 19.1 Å². The molecule has 1 aliphatic rings. The van der Waals surface area contributed by atoms with Gasteiger partial charge in [0.05, 0.1) is 0 Å². The van der Waals surface area contributed by atoms with Gasteiger partial charge in [0.2, 0.25) is 0 Å². The summed E-state index contributed by atoms with van der Waals surface area (Å²) in [6.45, 7) is -0.276. The summed E-state index contributed by atoms with van der Waals surface area (Å²) >= 11 is 0. The fourth-order valence-electron chi connectivity index (χ4n) is 1.51. The maximum atomic E-state index is 11.4. The number of amides is 2. The highest BCUT2D eigenvalue weighted by atomic mass is 16.4. The molecule has 0 fully saturated rings. The minimum absolute atomic E-state index is 0.00563. The fourth-order valence-corrected chi connectivity index (χ4v) is 1.51. The van der Waals surface area contributed by atoms with Gasteiger partial charge >= 0.3 is 12.0 Å². The molecule has 16 heavy (non-hydrogen) atoms. The molecule has 0 aromatic carbocycles. The molecule has 0 saturated carbocycles. The number of nitrogens with one attached hydrogen (secondary N) is 2. The molecule has 0 aliphatic heterocycles. The van der Waals surface area contributed by atoms with Crippen LogP contribution in [-0.2, 0) is 4.79 Å². The SMILES string of the molecule is O=C(NC1CC=CC1)N[C@@H](CCO)C(=O)O. The number of carboxylic acid groups (broad SMARTS) is 1. The van der Waals surface area contributed by atoms with E-state index in [1.54, 1.807) is 0 Å². The molecule has 0 aromatic rings. The monoisotopic (exact) mass is 228 g/mol. The zero-order chi connectivity index (χ0) is 12.0. The van der Waals surface area contributed by atoms with Gasteiger partial charge in [-0.15, -0.1) is 0 Å². The van der Waals surface area contributed by atoms with E-state index < -0.39 is 18.0 Å². The van der Waals surface area contributed by atoms with Crippen molar-refractivity contribution in [3.05, 3.63) is 12.2 Å². The highest BCUT2D eigenvalue weighted by molar-refractivity contribution is 5.82. The number of urea groups is 1. The minimum Gasteiger partial charge on any atom is -0.480 e. The van der Waals surface area contributed by atoms with Gasteiger partial charge in [-0.3, -0.25) is 0 Å². The Hall–Kier alpha value is -1.56. The molecule has 0 spiro atoms. The van der Waals surface area contributed by atoms with E-state index >= 15 is 0 Å². The van der Waals surface area contributed by atoms with Gasteiger partial charge < -0.3 is 20.8 Å². The lowest BCUT2D eigenvalue weighted by molar-refractivity contribution is -0.139. The number of aliphatic hydroxyl groups is 1. The largest absolute Gasteiger partial charge is 0.480 e. The van der Waals surface area contributed by atoms with Crippen molar-refractivity contribution in [1.82, 2.24) is 10.6 Å². The van der Waals surface area contributed by atoms with Gasteiger partial charge in [-0.05, 0) is 12.8 Å². The van der Waals surface area contributed by atoms with Gasteiger partial charge in [-0.25, -0.2) is 9.59 Å². The number of carboxylic acids is 1. The molecule has 6 nitrogen and oxygen atoms in total. The number of hydrogen-bond acceptors (Lipinski definition) is 3. The van der Waals surface area contributed by atoms with Crippen LogP contribution in [0.15, 0.2) is 12.2 Å². The molecule has 2 amide bonds. The Morgan fingerprint density at radius 3 is 2.50 bits per heavy atom. The molecule has 0 heterocycles. The summed E-state index contributed by atoms with van der Waals surface area (Å²) in [7, 11) is 0. The van der Waals surface area contributed by atoms with Crippen LogP contribution >= 0.6 is 0 Å². The molecular formula is C10H16N2O4. The maximum Gasteiger partial charge on any atom is 0.326 e. The van der Waals surface area contributed by atoms with E-state index in [9.17, 15) is 9.59 Å². The fraction of sp³-hybridized carbons (Fsp3) is 0.600. The maximum absolute atomic E-state index is 11.4. The van der Waals surface area contributed by atoms with E-state index in [1.807, 2.05) is 12.2 Å². The quantitative estimate of drug-likeness (QED) is 0.491. The molecule has 0 aromatic heterocycles. The Morgan fingerprint density at radius 2 is 2.00 bits per heavy atom. The number of aliphatic hydroxyl groups excluding tert-OH is 1. The summed E-state index contributed by atoms with van der Waals surface area (Å²) < 4.78 is 0. The first-order chi connectivity index (χ1) is 7.63. The number of carbonyl (C=O) groups is 2. The lowest BCUT2D eigenvalue weighted by Gasteiger charge is -2.17. The first-order valence-corrected chi connectivity index (χ1v) is 5.19. The zero-order valence-corrected chi connectivity index (χ0v) is 8.85. The van der Waals surface area contributed by atoms with Crippen LogP contribution in [0.4, 0.5) is 4.79 Å². The summed E-state index contributed by atoms with van der Waals surface area (Å²) in [5.41, 5.74) is 0. The molecule has 1 aliphatic carbocycles. The van der Waals surface area contributed by atoms with Crippen LogP contribution < -0.4 is 10.6 Å². The molecule has 0 radical (unpaired) electrons. The predicted octanol–water partition coefficient (Wildman–Crippen LogP) is -0.160.